The van der Waals surface area contributed by atoms with E-state index < -0.39 is 0 Å². The summed E-state index contributed by atoms with van der Waals surface area (Å²) in [5.41, 5.74) is 1.20. The van der Waals surface area contributed by atoms with Crippen molar-refractivity contribution < 1.29 is 9.84 Å². The quantitative estimate of drug-likeness (QED) is 0.268. The summed E-state index contributed by atoms with van der Waals surface area (Å²) in [5.74, 6) is 0.590. The van der Waals surface area contributed by atoms with Crippen molar-refractivity contribution in [3.63, 3.8) is 0 Å². The molecule has 0 spiro atoms. The van der Waals surface area contributed by atoms with Crippen molar-refractivity contribution in [2.75, 3.05) is 19.7 Å². The van der Waals surface area contributed by atoms with Gasteiger partial charge in [-0.3, -0.25) is 9.69 Å². The highest BCUT2D eigenvalue weighted by molar-refractivity contribution is 7.24. The van der Waals surface area contributed by atoms with Crippen LogP contribution in [0.15, 0.2) is 71.5 Å². The maximum Gasteiger partial charge on any atom is 0.199 e. The molecule has 0 aliphatic heterocycles. The molecule has 5 heteroatoms. The minimum Gasteiger partial charge on any atom is -0.507 e. The molecular formula is C26H27NO3S. The lowest BCUT2D eigenvalue weighted by molar-refractivity contribution is 0.252. The van der Waals surface area contributed by atoms with Gasteiger partial charge in [0.05, 0.1) is 12.0 Å². The van der Waals surface area contributed by atoms with Crippen LogP contribution in [0, 0.1) is 0 Å². The molecule has 1 N–H and O–H groups in total. The van der Waals surface area contributed by atoms with E-state index in [1.54, 1.807) is 12.1 Å². The number of unbranched alkanes of at least 4 members (excludes halogenated alkanes) is 1. The third-order valence-electron chi connectivity index (χ3n) is 5.47. The second-order valence-electron chi connectivity index (χ2n) is 7.65. The van der Waals surface area contributed by atoms with Crippen molar-refractivity contribution >= 4 is 31.5 Å². The number of phenols is 1. The molecule has 160 valence electrons. The Morgan fingerprint density at radius 2 is 1.74 bits per heavy atom. The van der Waals surface area contributed by atoms with Crippen molar-refractivity contribution in [1.29, 1.82) is 0 Å². The first-order valence-electron chi connectivity index (χ1n) is 10.7. The Morgan fingerprint density at radius 3 is 2.55 bits per heavy atom. The van der Waals surface area contributed by atoms with Crippen molar-refractivity contribution in [3.05, 3.63) is 82.5 Å². The number of ether oxygens (including phenoxy) is 1. The van der Waals surface area contributed by atoms with Gasteiger partial charge in [0, 0.05) is 27.4 Å². The van der Waals surface area contributed by atoms with E-state index in [4.69, 9.17) is 4.74 Å². The van der Waals surface area contributed by atoms with Crippen LogP contribution in [-0.2, 0) is 6.54 Å². The van der Waals surface area contributed by atoms with E-state index in [9.17, 15) is 9.90 Å². The molecule has 4 aromatic rings. The van der Waals surface area contributed by atoms with E-state index in [1.807, 2.05) is 30.3 Å². The second-order valence-corrected chi connectivity index (χ2v) is 8.74. The van der Waals surface area contributed by atoms with Crippen molar-refractivity contribution in [2.45, 2.75) is 26.3 Å². The fraction of sp³-hybridized carbons (Fsp3) is 0.269. The average Bonchev–Trinajstić information content (AvgIpc) is 2.78. The highest BCUT2D eigenvalue weighted by atomic mass is 32.1. The summed E-state index contributed by atoms with van der Waals surface area (Å²) in [4.78, 5) is 15.2. The van der Waals surface area contributed by atoms with Crippen LogP contribution in [0.2, 0.25) is 0 Å². The largest absolute Gasteiger partial charge is 0.507 e. The lowest BCUT2D eigenvalue weighted by Crippen LogP contribution is -2.24. The van der Waals surface area contributed by atoms with E-state index in [0.29, 0.717) is 23.1 Å². The van der Waals surface area contributed by atoms with Crippen molar-refractivity contribution in [3.8, 4) is 11.5 Å². The summed E-state index contributed by atoms with van der Waals surface area (Å²) >= 11 is 1.50. The van der Waals surface area contributed by atoms with E-state index in [1.165, 1.54) is 16.9 Å². The molecule has 0 radical (unpaired) electrons. The number of fused-ring (bicyclic) bond motifs is 2. The molecule has 4 rings (SSSR count). The summed E-state index contributed by atoms with van der Waals surface area (Å²) in [6.07, 6.45) is 1.97. The lowest BCUT2D eigenvalue weighted by atomic mass is 10.1. The Morgan fingerprint density at radius 1 is 0.968 bits per heavy atom. The molecule has 3 aromatic carbocycles. The Balaban J connectivity index is 1.36. The summed E-state index contributed by atoms with van der Waals surface area (Å²) in [5, 5.41) is 11.5. The van der Waals surface area contributed by atoms with E-state index in [-0.39, 0.29) is 11.2 Å². The molecular weight excluding hydrogens is 406 g/mol. The van der Waals surface area contributed by atoms with Gasteiger partial charge in [-0.2, -0.15) is 0 Å². The number of hydrogen-bond donors (Lipinski definition) is 1. The molecule has 0 bridgehead atoms. The molecule has 31 heavy (non-hydrogen) atoms. The average molecular weight is 434 g/mol. The van der Waals surface area contributed by atoms with Crippen LogP contribution in [0.4, 0.5) is 0 Å². The van der Waals surface area contributed by atoms with Gasteiger partial charge in [-0.1, -0.05) is 49.4 Å². The zero-order chi connectivity index (χ0) is 21.6. The van der Waals surface area contributed by atoms with Crippen LogP contribution in [-0.4, -0.2) is 29.7 Å². The Labute approximate surface area is 186 Å². The summed E-state index contributed by atoms with van der Waals surface area (Å²) in [7, 11) is 0. The Bertz CT molecular complexity index is 1220. The second kappa shape index (κ2) is 9.94. The maximum absolute atomic E-state index is 12.7. The number of hydrogen-bond acceptors (Lipinski definition) is 5. The van der Waals surface area contributed by atoms with Gasteiger partial charge in [0.2, 0.25) is 0 Å². The SMILES string of the molecule is CCN(CCCCOc1cc(O)c2c(=O)c3ccccc3sc2c1)Cc1ccccc1. The number of rotatable bonds is 9. The van der Waals surface area contributed by atoms with Crippen LogP contribution in [0.25, 0.3) is 20.2 Å². The van der Waals surface area contributed by atoms with Crippen molar-refractivity contribution in [1.82, 2.24) is 4.90 Å². The third kappa shape index (κ3) is 5.06. The van der Waals surface area contributed by atoms with Gasteiger partial charge in [-0.15, -0.1) is 11.3 Å². The van der Waals surface area contributed by atoms with Gasteiger partial charge in [0.15, 0.2) is 5.43 Å². The monoisotopic (exact) mass is 433 g/mol. The van der Waals surface area contributed by atoms with Gasteiger partial charge >= 0.3 is 0 Å². The Hall–Kier alpha value is -2.89. The van der Waals surface area contributed by atoms with E-state index in [0.717, 1.165) is 41.9 Å². The molecule has 0 saturated carbocycles. The molecule has 0 saturated heterocycles. The highest BCUT2D eigenvalue weighted by Gasteiger charge is 2.12. The first-order chi connectivity index (χ1) is 15.2. The minimum absolute atomic E-state index is 0.0143. The van der Waals surface area contributed by atoms with Crippen LogP contribution in [0.1, 0.15) is 25.3 Å². The predicted octanol–water partition coefficient (Wildman–Crippen LogP) is 5.80. The van der Waals surface area contributed by atoms with Crippen LogP contribution in [0.3, 0.4) is 0 Å². The number of nitrogens with zero attached hydrogens (tertiary/aromatic N) is 1. The zero-order valence-electron chi connectivity index (χ0n) is 17.7. The highest BCUT2D eigenvalue weighted by Crippen LogP contribution is 2.33. The van der Waals surface area contributed by atoms with Crippen LogP contribution >= 0.6 is 11.3 Å². The molecule has 1 aromatic heterocycles. The van der Waals surface area contributed by atoms with Gasteiger partial charge in [0.1, 0.15) is 11.5 Å². The topological polar surface area (TPSA) is 49.8 Å². The summed E-state index contributed by atoms with van der Waals surface area (Å²) < 4.78 is 7.57. The van der Waals surface area contributed by atoms with Crippen LogP contribution < -0.4 is 10.2 Å². The van der Waals surface area contributed by atoms with Crippen molar-refractivity contribution in [2.24, 2.45) is 0 Å². The third-order valence-corrected chi connectivity index (χ3v) is 6.58. The molecule has 0 aliphatic carbocycles. The lowest BCUT2D eigenvalue weighted by Gasteiger charge is -2.20. The molecule has 0 atom stereocenters. The fourth-order valence-corrected chi connectivity index (χ4v) is 4.91. The summed E-state index contributed by atoms with van der Waals surface area (Å²) in [6, 6.07) is 21.4. The molecule has 1 heterocycles. The fourth-order valence-electron chi connectivity index (χ4n) is 3.78. The number of aromatic hydroxyl groups is 1. The normalized spacial score (nSPS) is 11.4. The van der Waals surface area contributed by atoms with Gasteiger partial charge in [0.25, 0.3) is 0 Å². The molecule has 0 amide bonds. The van der Waals surface area contributed by atoms with Gasteiger partial charge in [-0.05, 0) is 49.7 Å². The predicted molar refractivity (Wildman–Crippen MR) is 129 cm³/mol. The van der Waals surface area contributed by atoms with E-state index in [2.05, 4.69) is 36.1 Å². The first kappa shape index (κ1) is 21.3. The molecule has 0 unspecified atom stereocenters. The zero-order valence-corrected chi connectivity index (χ0v) is 18.5. The van der Waals surface area contributed by atoms with Gasteiger partial charge in [-0.25, -0.2) is 0 Å². The first-order valence-corrected chi connectivity index (χ1v) is 11.5. The molecule has 0 aliphatic rings. The molecule has 0 fully saturated rings. The minimum atomic E-state index is -0.133. The molecule has 4 nitrogen and oxygen atoms in total. The number of phenolic OH excluding ortho intramolecular Hbond substituents is 1. The maximum atomic E-state index is 12.7. The Kier molecular flexibility index (Phi) is 6.85. The number of benzene rings is 3. The summed E-state index contributed by atoms with van der Waals surface area (Å²) in [6.45, 7) is 5.76. The standard InChI is InChI=1S/C26H27NO3S/c1-2-27(18-19-10-4-3-5-11-19)14-8-9-15-30-20-16-22(28)25-24(17-20)31-23-13-7-6-12-21(23)26(25)29/h3-7,10-13,16-17,28H,2,8-9,14-15,18H2,1H3. The van der Waals surface area contributed by atoms with Crippen LogP contribution in [0.5, 0.6) is 11.5 Å². The van der Waals surface area contributed by atoms with Gasteiger partial charge < -0.3 is 9.84 Å². The van der Waals surface area contributed by atoms with E-state index >= 15 is 0 Å². The smallest absolute Gasteiger partial charge is 0.199 e.